The van der Waals surface area contributed by atoms with Crippen molar-refractivity contribution in [2.75, 3.05) is 0 Å². The summed E-state index contributed by atoms with van der Waals surface area (Å²) in [5.41, 5.74) is 0.237. The van der Waals surface area contributed by atoms with Gasteiger partial charge in [0.05, 0.1) is 5.54 Å². The van der Waals surface area contributed by atoms with Crippen molar-refractivity contribution in [1.82, 2.24) is 20.2 Å². The number of tetrazole rings is 1. The number of nitrogens with one attached hydrogen (secondary N) is 1. The van der Waals surface area contributed by atoms with Crippen LogP contribution in [0.15, 0.2) is 0 Å². The topological polar surface area (TPSA) is 46.5 Å². The van der Waals surface area contributed by atoms with Crippen LogP contribution in [0.5, 0.6) is 0 Å². The molecule has 1 saturated carbocycles. The van der Waals surface area contributed by atoms with Crippen molar-refractivity contribution in [1.29, 1.82) is 0 Å². The minimum absolute atomic E-state index is 0.237. The van der Waals surface area contributed by atoms with Crippen LogP contribution in [0, 0.1) is 4.77 Å². The van der Waals surface area contributed by atoms with Crippen LogP contribution in [0.2, 0.25) is 0 Å². The van der Waals surface area contributed by atoms with Gasteiger partial charge in [-0.2, -0.15) is 5.21 Å². The molecule has 1 heterocycles. The van der Waals surface area contributed by atoms with Crippen LogP contribution < -0.4 is 0 Å². The molecular weight excluding hydrogens is 160 g/mol. The monoisotopic (exact) mass is 170 g/mol. The Balaban J connectivity index is 2.43. The Bertz CT molecular complexity index is 308. The van der Waals surface area contributed by atoms with Gasteiger partial charge in [0.15, 0.2) is 0 Å². The summed E-state index contributed by atoms with van der Waals surface area (Å²) < 4.78 is 2.48. The molecule has 0 saturated heterocycles. The van der Waals surface area contributed by atoms with E-state index in [2.05, 4.69) is 22.4 Å². The largest absolute Gasteiger partial charge is 0.238 e. The first-order valence-corrected chi connectivity index (χ1v) is 4.20. The molecular formula is C6H10N4S. The van der Waals surface area contributed by atoms with E-state index in [1.807, 2.05) is 4.68 Å². The summed E-state index contributed by atoms with van der Waals surface area (Å²) in [7, 11) is 0. The van der Waals surface area contributed by atoms with Crippen molar-refractivity contribution in [3.63, 3.8) is 0 Å². The number of hydrogen-bond donors (Lipinski definition) is 1. The first kappa shape index (κ1) is 6.97. The minimum atomic E-state index is 0.237. The molecule has 0 radical (unpaired) electrons. The molecule has 0 amide bonds. The van der Waals surface area contributed by atoms with Crippen molar-refractivity contribution in [3.8, 4) is 0 Å². The van der Waals surface area contributed by atoms with E-state index in [1.165, 1.54) is 12.8 Å². The maximum atomic E-state index is 5.00. The van der Waals surface area contributed by atoms with Crippen molar-refractivity contribution >= 4 is 12.2 Å². The summed E-state index contributed by atoms with van der Waals surface area (Å²) in [5, 5.41) is 10.2. The molecule has 0 aromatic carbocycles. The number of hydrogen-bond acceptors (Lipinski definition) is 3. The molecule has 1 aromatic heterocycles. The minimum Gasteiger partial charge on any atom is -0.236 e. The molecule has 0 unspecified atom stereocenters. The normalized spacial score (nSPS) is 20.1. The van der Waals surface area contributed by atoms with E-state index in [9.17, 15) is 0 Å². The predicted octanol–water partition coefficient (Wildman–Crippen LogP) is 1.23. The van der Waals surface area contributed by atoms with Gasteiger partial charge in [0, 0.05) is 0 Å². The highest BCUT2D eigenvalue weighted by molar-refractivity contribution is 7.71. The fraction of sp³-hybridized carbons (Fsp3) is 0.833. The number of aromatic nitrogens is 4. The van der Waals surface area contributed by atoms with Crippen LogP contribution in [0.1, 0.15) is 26.2 Å². The van der Waals surface area contributed by atoms with Gasteiger partial charge in [-0.15, -0.1) is 0 Å². The van der Waals surface area contributed by atoms with Gasteiger partial charge in [0.2, 0.25) is 4.77 Å². The van der Waals surface area contributed by atoms with Gasteiger partial charge in [-0.1, -0.05) is 17.2 Å². The zero-order chi connectivity index (χ0) is 7.90. The molecule has 0 bridgehead atoms. The maximum absolute atomic E-state index is 5.00. The summed E-state index contributed by atoms with van der Waals surface area (Å²) in [6.45, 7) is 2.16. The van der Waals surface area contributed by atoms with Crippen LogP contribution in [-0.2, 0) is 5.54 Å². The second-order valence-electron chi connectivity index (χ2n) is 3.00. The van der Waals surface area contributed by atoms with Crippen LogP contribution >= 0.6 is 12.2 Å². The third kappa shape index (κ3) is 0.910. The van der Waals surface area contributed by atoms with E-state index in [0.29, 0.717) is 4.77 Å². The first-order chi connectivity index (χ1) is 5.28. The van der Waals surface area contributed by atoms with Crippen molar-refractivity contribution in [3.05, 3.63) is 4.77 Å². The highest BCUT2D eigenvalue weighted by Gasteiger charge is 2.44. The summed E-state index contributed by atoms with van der Waals surface area (Å²) in [4.78, 5) is 0. The van der Waals surface area contributed by atoms with Gasteiger partial charge in [0.25, 0.3) is 0 Å². The third-order valence-electron chi connectivity index (χ3n) is 2.43. The van der Waals surface area contributed by atoms with E-state index in [0.717, 1.165) is 6.42 Å². The van der Waals surface area contributed by atoms with Gasteiger partial charge in [0.1, 0.15) is 0 Å². The second kappa shape index (κ2) is 2.14. The smallest absolute Gasteiger partial charge is 0.236 e. The number of H-pyrrole nitrogens is 1. The highest BCUT2D eigenvalue weighted by Crippen LogP contribution is 2.45. The molecule has 1 aliphatic rings. The first-order valence-electron chi connectivity index (χ1n) is 3.79. The molecule has 1 N–H and O–H groups in total. The number of nitrogens with zero attached hydrogens (tertiary/aromatic N) is 3. The maximum Gasteiger partial charge on any atom is 0.238 e. The van der Waals surface area contributed by atoms with Crippen LogP contribution in [-0.4, -0.2) is 20.2 Å². The molecule has 1 aliphatic carbocycles. The molecule has 0 spiro atoms. The van der Waals surface area contributed by atoms with Crippen LogP contribution in [0.4, 0.5) is 0 Å². The van der Waals surface area contributed by atoms with E-state index in [-0.39, 0.29) is 5.54 Å². The Hall–Kier alpha value is -0.710. The lowest BCUT2D eigenvalue weighted by atomic mass is 10.2. The van der Waals surface area contributed by atoms with Crippen LogP contribution in [0.3, 0.4) is 0 Å². The molecule has 0 aliphatic heterocycles. The van der Waals surface area contributed by atoms with Crippen molar-refractivity contribution in [2.45, 2.75) is 31.7 Å². The zero-order valence-corrected chi connectivity index (χ0v) is 7.19. The van der Waals surface area contributed by atoms with Gasteiger partial charge < -0.3 is 0 Å². The Morgan fingerprint density at radius 3 is 2.82 bits per heavy atom. The Kier molecular flexibility index (Phi) is 1.35. The molecule has 2 rings (SSSR count). The summed E-state index contributed by atoms with van der Waals surface area (Å²) in [6, 6.07) is 0. The quantitative estimate of drug-likeness (QED) is 0.679. The predicted molar refractivity (Wildman–Crippen MR) is 42.7 cm³/mol. The molecule has 5 heteroatoms. The highest BCUT2D eigenvalue weighted by atomic mass is 32.1. The average Bonchev–Trinajstić information content (AvgIpc) is 2.70. The SMILES string of the molecule is CCC1(n2[nH]nnc2=S)CC1. The summed E-state index contributed by atoms with van der Waals surface area (Å²) >= 11 is 5.00. The lowest BCUT2D eigenvalue weighted by molar-refractivity contribution is 0.403. The summed E-state index contributed by atoms with van der Waals surface area (Å²) in [6.07, 6.45) is 3.49. The lowest BCUT2D eigenvalue weighted by Crippen LogP contribution is -2.17. The van der Waals surface area contributed by atoms with E-state index < -0.39 is 0 Å². The summed E-state index contributed by atoms with van der Waals surface area (Å²) in [5.74, 6) is 0. The van der Waals surface area contributed by atoms with Crippen molar-refractivity contribution < 1.29 is 0 Å². The van der Waals surface area contributed by atoms with Gasteiger partial charge in [-0.05, 0) is 31.5 Å². The molecule has 4 nitrogen and oxygen atoms in total. The molecule has 0 atom stereocenters. The van der Waals surface area contributed by atoms with Crippen LogP contribution in [0.25, 0.3) is 0 Å². The molecule has 1 aromatic rings. The third-order valence-corrected chi connectivity index (χ3v) is 2.70. The Morgan fingerprint density at radius 1 is 1.73 bits per heavy atom. The average molecular weight is 170 g/mol. The second-order valence-corrected chi connectivity index (χ2v) is 3.36. The lowest BCUT2D eigenvalue weighted by Gasteiger charge is -2.11. The number of rotatable bonds is 2. The molecule has 1 fully saturated rings. The zero-order valence-electron chi connectivity index (χ0n) is 6.37. The molecule has 11 heavy (non-hydrogen) atoms. The van der Waals surface area contributed by atoms with E-state index in [4.69, 9.17) is 12.2 Å². The Labute approximate surface area is 69.6 Å². The Morgan fingerprint density at radius 2 is 2.45 bits per heavy atom. The standard InChI is InChI=1S/C6H10N4S/c1-2-6(3-4-6)10-5(11)7-8-9-10/h2-4H2,1H3,(H,7,9,11). The van der Waals surface area contributed by atoms with Gasteiger partial charge >= 0.3 is 0 Å². The van der Waals surface area contributed by atoms with Crippen molar-refractivity contribution in [2.24, 2.45) is 0 Å². The van der Waals surface area contributed by atoms with E-state index >= 15 is 0 Å². The van der Waals surface area contributed by atoms with Gasteiger partial charge in [-0.3, -0.25) is 0 Å². The van der Waals surface area contributed by atoms with Gasteiger partial charge in [-0.25, -0.2) is 4.68 Å². The fourth-order valence-electron chi connectivity index (χ4n) is 1.39. The van der Waals surface area contributed by atoms with E-state index in [1.54, 1.807) is 0 Å². The fourth-order valence-corrected chi connectivity index (χ4v) is 1.66. The number of aromatic amines is 1. The molecule has 60 valence electrons.